The van der Waals surface area contributed by atoms with Crippen LogP contribution in [0.2, 0.25) is 5.02 Å². The summed E-state index contributed by atoms with van der Waals surface area (Å²) in [7, 11) is 0. The van der Waals surface area contributed by atoms with Gasteiger partial charge in [-0.1, -0.05) is 54.3 Å². The highest BCUT2D eigenvalue weighted by molar-refractivity contribution is 6.31. The van der Waals surface area contributed by atoms with Crippen molar-refractivity contribution in [2.24, 2.45) is 5.92 Å². The van der Waals surface area contributed by atoms with Crippen molar-refractivity contribution in [3.63, 3.8) is 0 Å². The number of hydrogen-bond acceptors (Lipinski definition) is 5. The number of halogens is 1. The van der Waals surface area contributed by atoms with Gasteiger partial charge in [-0.3, -0.25) is 9.59 Å². The van der Waals surface area contributed by atoms with Crippen molar-refractivity contribution in [3.05, 3.63) is 51.0 Å². The summed E-state index contributed by atoms with van der Waals surface area (Å²) in [6.45, 7) is 1.80. The number of aromatic nitrogens is 5. The molecule has 3 aromatic rings. The summed E-state index contributed by atoms with van der Waals surface area (Å²) < 4.78 is 1.62. The molecule has 2 fully saturated rings. The van der Waals surface area contributed by atoms with Gasteiger partial charge in [-0.15, -0.1) is 5.10 Å². The van der Waals surface area contributed by atoms with Crippen molar-refractivity contribution in [2.45, 2.75) is 57.4 Å². The smallest absolute Gasteiger partial charge is 0.281 e. The summed E-state index contributed by atoms with van der Waals surface area (Å²) in [6.07, 6.45) is 7.19. The van der Waals surface area contributed by atoms with Gasteiger partial charge in [-0.2, -0.15) is 0 Å². The molecule has 0 atom stereocenters. The molecule has 9 heteroatoms. The molecule has 0 spiro atoms. The monoisotopic (exact) mass is 454 g/mol. The molecule has 1 amide bonds. The fraction of sp³-hybridized carbons (Fsp3) is 0.522. The van der Waals surface area contributed by atoms with Gasteiger partial charge in [0.05, 0.1) is 6.54 Å². The molecule has 1 N–H and O–H groups in total. The Labute approximate surface area is 191 Å². The Hall–Kier alpha value is -2.74. The second-order valence-electron chi connectivity index (χ2n) is 8.90. The van der Waals surface area contributed by atoms with Crippen molar-refractivity contribution < 1.29 is 4.79 Å². The molecule has 0 radical (unpaired) electrons. The molecule has 1 saturated carbocycles. The van der Waals surface area contributed by atoms with E-state index in [-0.39, 0.29) is 22.9 Å². The number of aromatic amines is 1. The zero-order chi connectivity index (χ0) is 22.1. The molecular formula is C23H27ClN6O2. The molecule has 0 bridgehead atoms. The number of benzene rings is 1. The lowest BCUT2D eigenvalue weighted by molar-refractivity contribution is -0.137. The maximum Gasteiger partial charge on any atom is 0.281 e. The summed E-state index contributed by atoms with van der Waals surface area (Å²) in [5.41, 5.74) is 1.30. The maximum atomic E-state index is 12.9. The first kappa shape index (κ1) is 21.1. The van der Waals surface area contributed by atoms with Gasteiger partial charge in [-0.05, 0) is 37.3 Å². The van der Waals surface area contributed by atoms with Crippen LogP contribution in [0, 0.1) is 5.92 Å². The van der Waals surface area contributed by atoms with Crippen molar-refractivity contribution in [2.75, 3.05) is 13.1 Å². The lowest BCUT2D eigenvalue weighted by Gasteiger charge is -2.34. The second-order valence-corrected chi connectivity index (χ2v) is 9.30. The number of piperidine rings is 1. The van der Waals surface area contributed by atoms with E-state index in [1.807, 2.05) is 29.2 Å². The predicted octanol–water partition coefficient (Wildman–Crippen LogP) is 3.50. The van der Waals surface area contributed by atoms with Gasteiger partial charge in [0, 0.05) is 29.9 Å². The summed E-state index contributed by atoms with van der Waals surface area (Å²) in [4.78, 5) is 35.2. The first-order valence-electron chi connectivity index (χ1n) is 11.5. The van der Waals surface area contributed by atoms with E-state index in [9.17, 15) is 9.59 Å². The number of nitrogens with zero attached hydrogens (tertiary/aromatic N) is 5. The fourth-order valence-corrected chi connectivity index (χ4v) is 5.15. The molecule has 1 aliphatic heterocycles. The lowest BCUT2D eigenvalue weighted by atomic mass is 9.87. The van der Waals surface area contributed by atoms with E-state index in [0.29, 0.717) is 42.0 Å². The average Bonchev–Trinajstić information content (AvgIpc) is 3.24. The van der Waals surface area contributed by atoms with E-state index in [2.05, 4.69) is 15.3 Å². The number of carbonyl (C=O) groups is 1. The van der Waals surface area contributed by atoms with Crippen LogP contribution < -0.4 is 5.56 Å². The number of carbonyl (C=O) groups excluding carboxylic acids is 1. The normalized spacial score (nSPS) is 18.3. The van der Waals surface area contributed by atoms with Gasteiger partial charge in [0.2, 0.25) is 5.91 Å². The number of amides is 1. The first-order valence-corrected chi connectivity index (χ1v) is 11.8. The molecule has 2 aliphatic rings. The van der Waals surface area contributed by atoms with Gasteiger partial charge in [0.25, 0.3) is 5.56 Å². The Balaban J connectivity index is 1.33. The van der Waals surface area contributed by atoms with Crippen molar-refractivity contribution in [1.82, 2.24) is 29.9 Å². The Morgan fingerprint density at radius 3 is 2.59 bits per heavy atom. The van der Waals surface area contributed by atoms with Crippen LogP contribution in [0.4, 0.5) is 0 Å². The zero-order valence-electron chi connectivity index (χ0n) is 18.0. The number of H-pyrrole nitrogens is 1. The molecule has 0 unspecified atom stereocenters. The average molecular weight is 455 g/mol. The number of nitrogens with one attached hydrogen (secondary N) is 1. The van der Waals surface area contributed by atoms with Crippen LogP contribution in [0.5, 0.6) is 0 Å². The minimum Gasteiger partial charge on any atom is -0.342 e. The van der Waals surface area contributed by atoms with Crippen LogP contribution in [-0.2, 0) is 11.3 Å². The predicted molar refractivity (Wildman–Crippen MR) is 122 cm³/mol. The third-order valence-corrected chi connectivity index (χ3v) is 7.19. The number of likely N-dealkylation sites (tertiary alicyclic amines) is 1. The van der Waals surface area contributed by atoms with E-state index >= 15 is 0 Å². The fourth-order valence-electron chi connectivity index (χ4n) is 4.95. The van der Waals surface area contributed by atoms with Crippen molar-refractivity contribution >= 4 is 28.7 Å². The molecule has 1 aromatic carbocycles. The lowest BCUT2D eigenvalue weighted by Crippen LogP contribution is -2.42. The molecule has 3 heterocycles. The molecule has 1 aliphatic carbocycles. The van der Waals surface area contributed by atoms with E-state index in [1.165, 1.54) is 6.42 Å². The number of hydrogen-bond donors (Lipinski definition) is 1. The quantitative estimate of drug-likeness (QED) is 0.650. The van der Waals surface area contributed by atoms with Crippen LogP contribution in [0.25, 0.3) is 11.2 Å². The van der Waals surface area contributed by atoms with Gasteiger partial charge in [0.1, 0.15) is 5.82 Å². The summed E-state index contributed by atoms with van der Waals surface area (Å²) in [6, 6.07) is 7.53. The van der Waals surface area contributed by atoms with E-state index in [1.54, 1.807) is 4.68 Å². The summed E-state index contributed by atoms with van der Waals surface area (Å²) in [5, 5.41) is 8.80. The maximum absolute atomic E-state index is 12.9. The summed E-state index contributed by atoms with van der Waals surface area (Å²) >= 11 is 6.29. The SMILES string of the molecule is O=C(C1CCCCC1)N1CCC(c2nc3c(nnn3Cc3ccccc3Cl)c(=O)[nH]2)CC1. The molecule has 1 saturated heterocycles. The second kappa shape index (κ2) is 9.02. The van der Waals surface area contributed by atoms with Crippen LogP contribution in [0.15, 0.2) is 29.1 Å². The highest BCUT2D eigenvalue weighted by Gasteiger charge is 2.30. The Kier molecular flexibility index (Phi) is 5.95. The molecule has 8 nitrogen and oxygen atoms in total. The van der Waals surface area contributed by atoms with Gasteiger partial charge < -0.3 is 9.88 Å². The van der Waals surface area contributed by atoms with Gasteiger partial charge in [0.15, 0.2) is 11.2 Å². The third kappa shape index (κ3) is 4.16. The van der Waals surface area contributed by atoms with Crippen LogP contribution in [0.1, 0.15) is 62.3 Å². The van der Waals surface area contributed by atoms with Crippen LogP contribution in [-0.4, -0.2) is 48.9 Å². The minimum absolute atomic E-state index is 0.103. The number of fused-ring (bicyclic) bond motifs is 1. The first-order chi connectivity index (χ1) is 15.6. The summed E-state index contributed by atoms with van der Waals surface area (Å²) in [5.74, 6) is 1.25. The van der Waals surface area contributed by atoms with E-state index in [4.69, 9.17) is 16.6 Å². The standard InChI is InChI=1S/C23H27ClN6O2/c24-18-9-5-4-8-17(18)14-30-21-19(27-28-30)22(31)26-20(25-21)15-10-12-29(13-11-15)23(32)16-6-2-1-3-7-16/h4-5,8-9,15-16H,1-3,6-7,10-14H2,(H,25,26,31). The van der Waals surface area contributed by atoms with Gasteiger partial charge >= 0.3 is 0 Å². The van der Waals surface area contributed by atoms with Crippen LogP contribution >= 0.6 is 11.6 Å². The molecule has 168 valence electrons. The zero-order valence-corrected chi connectivity index (χ0v) is 18.7. The van der Waals surface area contributed by atoms with Crippen molar-refractivity contribution in [1.29, 1.82) is 0 Å². The van der Waals surface area contributed by atoms with Crippen molar-refractivity contribution in [3.8, 4) is 0 Å². The van der Waals surface area contributed by atoms with E-state index in [0.717, 1.165) is 44.1 Å². The van der Waals surface area contributed by atoms with Crippen LogP contribution in [0.3, 0.4) is 0 Å². The van der Waals surface area contributed by atoms with Gasteiger partial charge in [-0.25, -0.2) is 9.67 Å². The number of rotatable bonds is 4. The highest BCUT2D eigenvalue weighted by atomic mass is 35.5. The minimum atomic E-state index is -0.281. The largest absolute Gasteiger partial charge is 0.342 e. The third-order valence-electron chi connectivity index (χ3n) is 6.82. The Bertz CT molecular complexity index is 1170. The molecule has 5 rings (SSSR count). The Morgan fingerprint density at radius 1 is 1.09 bits per heavy atom. The van der Waals surface area contributed by atoms with E-state index < -0.39 is 0 Å². The molecular weight excluding hydrogens is 428 g/mol. The molecule has 2 aromatic heterocycles. The topological polar surface area (TPSA) is 96.8 Å². The Morgan fingerprint density at radius 2 is 1.84 bits per heavy atom. The molecule has 32 heavy (non-hydrogen) atoms. The highest BCUT2D eigenvalue weighted by Crippen LogP contribution is 2.30.